The molecule has 0 atom stereocenters. The van der Waals surface area contributed by atoms with E-state index in [0.29, 0.717) is 17.5 Å². The third-order valence-corrected chi connectivity index (χ3v) is 12.8. The fraction of sp³-hybridized carbons (Fsp3) is 0. The van der Waals surface area contributed by atoms with Crippen LogP contribution in [0.25, 0.3) is 93.0 Å². The van der Waals surface area contributed by atoms with Gasteiger partial charge in [-0.1, -0.05) is 95.9 Å². The summed E-state index contributed by atoms with van der Waals surface area (Å²) in [6.07, 6.45) is 0. The van der Waals surface area contributed by atoms with Gasteiger partial charge in [0.2, 0.25) is 0 Å². The van der Waals surface area contributed by atoms with E-state index in [1.54, 1.807) is 0 Å². The Labute approximate surface area is 328 Å². The predicted molar refractivity (Wildman–Crippen MR) is 250 cm³/mol. The van der Waals surface area contributed by atoms with Crippen LogP contribution in [0.3, 0.4) is 0 Å². The van der Waals surface area contributed by atoms with Crippen LogP contribution in [0.4, 0.5) is 0 Å². The maximum Gasteiger partial charge on any atom is 0.164 e. The fourth-order valence-corrected chi connectivity index (χ4v) is 9.48. The van der Waals surface area contributed by atoms with E-state index in [2.05, 4.69) is 165 Å². The van der Waals surface area contributed by atoms with Gasteiger partial charge in [-0.15, -0.1) is 27.7 Å². The van der Waals surface area contributed by atoms with Gasteiger partial charge in [-0.3, -0.25) is 0 Å². The minimum atomic E-state index is 0.674. The van der Waals surface area contributed by atoms with Gasteiger partial charge in [0.15, 0.2) is 17.5 Å². The van der Waals surface area contributed by atoms with Crippen molar-refractivity contribution in [2.75, 3.05) is 0 Å². The molecule has 10 heteroatoms. The molecule has 3 heterocycles. The lowest BCUT2D eigenvalue weighted by atomic mass is 9.60. The maximum absolute atomic E-state index is 5.25. The van der Waals surface area contributed by atoms with Crippen molar-refractivity contribution in [3.63, 3.8) is 0 Å². The van der Waals surface area contributed by atoms with E-state index in [4.69, 9.17) is 15.0 Å². The minimum absolute atomic E-state index is 0.674. The van der Waals surface area contributed by atoms with E-state index < -0.39 is 0 Å². The minimum Gasteiger partial charge on any atom is -0.309 e. The second-order valence-corrected chi connectivity index (χ2v) is 15.7. The Balaban J connectivity index is 1.18. The molecule has 10 rings (SSSR count). The third kappa shape index (κ3) is 5.38. The van der Waals surface area contributed by atoms with Crippen LogP contribution >= 0.6 is 11.3 Å². The van der Waals surface area contributed by atoms with Gasteiger partial charge in [0.25, 0.3) is 0 Å². The summed E-state index contributed by atoms with van der Waals surface area (Å²) in [5, 5.41) is 4.95. The molecule has 0 aliphatic carbocycles. The first-order valence-corrected chi connectivity index (χ1v) is 19.6. The first-order chi connectivity index (χ1) is 26.9. The number of nitrogens with zero attached hydrogens (tertiary/aromatic N) is 4. The van der Waals surface area contributed by atoms with Crippen molar-refractivity contribution in [2.24, 2.45) is 0 Å². The van der Waals surface area contributed by atoms with Gasteiger partial charge in [-0.25, -0.2) is 15.0 Å². The van der Waals surface area contributed by atoms with Crippen LogP contribution in [-0.2, 0) is 0 Å². The number of benzene rings is 7. The van der Waals surface area contributed by atoms with Gasteiger partial charge < -0.3 is 4.57 Å². The Morgan fingerprint density at radius 2 is 1.02 bits per heavy atom. The summed E-state index contributed by atoms with van der Waals surface area (Å²) < 4.78 is 4.87. The maximum atomic E-state index is 5.25. The second-order valence-electron chi connectivity index (χ2n) is 14.6. The topological polar surface area (TPSA) is 43.6 Å². The number of hydrogen-bond donors (Lipinski definition) is 0. The normalized spacial score (nSPS) is 11.6. The van der Waals surface area contributed by atoms with E-state index in [9.17, 15) is 0 Å². The summed E-state index contributed by atoms with van der Waals surface area (Å²) in [5.74, 6) is 2.06. The highest BCUT2D eigenvalue weighted by Crippen LogP contribution is 2.43. The van der Waals surface area contributed by atoms with Gasteiger partial charge in [-0.2, -0.15) is 0 Å². The van der Waals surface area contributed by atoms with Crippen LogP contribution < -0.4 is 27.3 Å². The molecule has 3 aromatic heterocycles. The lowest BCUT2D eigenvalue weighted by Gasteiger charge is -2.20. The van der Waals surface area contributed by atoms with Gasteiger partial charge in [0.1, 0.15) is 39.2 Å². The molecule has 0 bridgehead atoms. The van der Waals surface area contributed by atoms with Crippen LogP contribution in [0.15, 0.2) is 140 Å². The molecule has 0 radical (unpaired) electrons. The molecule has 0 saturated carbocycles. The Hall–Kier alpha value is -6.11. The van der Waals surface area contributed by atoms with Crippen LogP contribution in [0.1, 0.15) is 0 Å². The first kappa shape index (κ1) is 33.5. The standard InChI is InChI=1S/C45H33B5N4S/c46-38-37(39(47)41(49)42(50)40(38)48)45-52-43(24-10-3-1-4-11-24)51-44(53-45)26-19-21-34-31(23-26)36-28(15-9-17-35(36)55-34)25-18-20-33-30(22-25)29-14-7-8-16-32(29)54(33)27-12-5-2-6-13-27/h1-23H,46-50H2. The summed E-state index contributed by atoms with van der Waals surface area (Å²) in [5.41, 5.74) is 15.3. The molecule has 4 nitrogen and oxygen atoms in total. The van der Waals surface area contributed by atoms with Gasteiger partial charge >= 0.3 is 0 Å². The fourth-order valence-electron chi connectivity index (χ4n) is 8.37. The lowest BCUT2D eigenvalue weighted by molar-refractivity contribution is 1.08. The summed E-state index contributed by atoms with van der Waals surface area (Å²) in [6, 6.07) is 49.9. The van der Waals surface area contributed by atoms with Crippen molar-refractivity contribution < 1.29 is 0 Å². The molecule has 0 aliphatic heterocycles. The molecule has 0 saturated heterocycles. The van der Waals surface area contributed by atoms with E-state index in [0.717, 1.165) is 22.4 Å². The van der Waals surface area contributed by atoms with Crippen molar-refractivity contribution in [2.45, 2.75) is 0 Å². The first-order valence-electron chi connectivity index (χ1n) is 18.8. The van der Waals surface area contributed by atoms with Crippen LogP contribution in [0, 0.1) is 0 Å². The summed E-state index contributed by atoms with van der Waals surface area (Å²) in [4.78, 5) is 15.5. The average molecular weight is 716 g/mol. The molecule has 0 unspecified atom stereocenters. The highest BCUT2D eigenvalue weighted by molar-refractivity contribution is 7.26. The quantitative estimate of drug-likeness (QED) is 0.257. The summed E-state index contributed by atoms with van der Waals surface area (Å²) in [7, 11) is 11.0. The van der Waals surface area contributed by atoms with E-state index >= 15 is 0 Å². The van der Waals surface area contributed by atoms with Gasteiger partial charge in [0, 0.05) is 53.3 Å². The molecule has 0 aliphatic rings. The van der Waals surface area contributed by atoms with E-state index in [1.807, 2.05) is 29.5 Å². The number of rotatable bonds is 5. The Morgan fingerprint density at radius 3 is 1.78 bits per heavy atom. The predicted octanol–water partition coefficient (Wildman–Crippen LogP) is 3.30. The van der Waals surface area contributed by atoms with Gasteiger partial charge in [-0.05, 0) is 65.7 Å². The van der Waals surface area contributed by atoms with Crippen LogP contribution in [-0.4, -0.2) is 58.8 Å². The number of aromatic nitrogens is 4. The monoisotopic (exact) mass is 716 g/mol. The molecule has 55 heavy (non-hydrogen) atoms. The molecule has 254 valence electrons. The molecule has 7 aromatic carbocycles. The lowest BCUT2D eigenvalue weighted by Crippen LogP contribution is -2.55. The zero-order valence-corrected chi connectivity index (χ0v) is 32.3. The summed E-state index contributed by atoms with van der Waals surface area (Å²) >= 11 is 1.83. The second kappa shape index (κ2) is 13.0. The van der Waals surface area contributed by atoms with Crippen molar-refractivity contribution in [3.8, 4) is 51.0 Å². The van der Waals surface area contributed by atoms with Crippen molar-refractivity contribution in [1.29, 1.82) is 0 Å². The molecule has 0 spiro atoms. The van der Waals surface area contributed by atoms with Crippen LogP contribution in [0.5, 0.6) is 0 Å². The van der Waals surface area contributed by atoms with E-state index in [-0.39, 0.29) is 0 Å². The van der Waals surface area contributed by atoms with Crippen molar-refractivity contribution >= 4 is 120 Å². The Bertz CT molecular complexity index is 3130. The molecule has 0 amide bonds. The largest absolute Gasteiger partial charge is 0.309 e. The number of fused-ring (bicyclic) bond motifs is 6. The zero-order valence-electron chi connectivity index (χ0n) is 31.5. The Morgan fingerprint density at radius 1 is 0.418 bits per heavy atom. The highest BCUT2D eigenvalue weighted by Gasteiger charge is 2.20. The van der Waals surface area contributed by atoms with Gasteiger partial charge in [0.05, 0.1) is 11.0 Å². The summed E-state index contributed by atoms with van der Waals surface area (Å²) in [6.45, 7) is 0. The number of thiophene rings is 1. The average Bonchev–Trinajstić information content (AvgIpc) is 3.78. The highest BCUT2D eigenvalue weighted by atomic mass is 32.1. The van der Waals surface area contributed by atoms with Crippen molar-refractivity contribution in [3.05, 3.63) is 140 Å². The number of para-hydroxylation sites is 2. The molecular weight excluding hydrogens is 683 g/mol. The molecule has 0 N–H and O–H groups in total. The molecule has 10 aromatic rings. The SMILES string of the molecule is Bc1c(B)c(B)c(-c2nc(-c3ccccc3)nc(-c3ccc4sc5cccc(-c6ccc7c(c6)c6ccccc6n7-c6ccccc6)c5c4c3)n2)c(B)c1B. The van der Waals surface area contributed by atoms with Crippen LogP contribution in [0.2, 0.25) is 0 Å². The van der Waals surface area contributed by atoms with Crippen molar-refractivity contribution in [1.82, 2.24) is 19.5 Å². The molecule has 0 fully saturated rings. The third-order valence-electron chi connectivity index (χ3n) is 11.6. The smallest absolute Gasteiger partial charge is 0.164 e. The van der Waals surface area contributed by atoms with E-state index in [1.165, 1.54) is 80.4 Å². The zero-order chi connectivity index (χ0) is 37.4. The Kier molecular flexibility index (Phi) is 7.93. The molecular formula is C45H33B5N4S. The number of hydrogen-bond acceptors (Lipinski definition) is 4.